The maximum Gasteiger partial charge on any atom is 0.351 e. The molecule has 2 aliphatic rings. The zero-order chi connectivity index (χ0) is 11.2. The first-order valence-corrected chi connectivity index (χ1v) is 4.81. The topological polar surface area (TPSA) is 89.8 Å². The number of carbonyl (C=O) groups is 1. The quantitative estimate of drug-likeness (QED) is 0.490. The summed E-state index contributed by atoms with van der Waals surface area (Å²) in [6.07, 6.45) is 2.17. The minimum absolute atomic E-state index is 0.0815. The van der Waals surface area contributed by atoms with Crippen molar-refractivity contribution in [1.29, 1.82) is 0 Å². The second-order valence-corrected chi connectivity index (χ2v) is 4.03. The van der Waals surface area contributed by atoms with Gasteiger partial charge in [-0.3, -0.25) is 0 Å². The number of rotatable bonds is 1. The van der Waals surface area contributed by atoms with Crippen molar-refractivity contribution < 1.29 is 20.1 Å². The van der Waals surface area contributed by atoms with Gasteiger partial charge in [0.2, 0.25) is 0 Å². The molecular weight excluding hydrogens is 198 g/mol. The molecule has 5 nitrogen and oxygen atoms in total. The highest BCUT2D eigenvalue weighted by Gasteiger charge is 2.40. The highest BCUT2D eigenvalue weighted by Crippen LogP contribution is 2.34. The summed E-state index contributed by atoms with van der Waals surface area (Å²) >= 11 is 0. The molecule has 1 heterocycles. The zero-order valence-corrected chi connectivity index (χ0v) is 8.21. The van der Waals surface area contributed by atoms with E-state index in [0.717, 1.165) is 0 Å². The lowest BCUT2D eigenvalue weighted by Crippen LogP contribution is -2.40. The third kappa shape index (κ3) is 1.48. The second-order valence-electron chi connectivity index (χ2n) is 4.03. The van der Waals surface area contributed by atoms with E-state index in [0.29, 0.717) is 0 Å². The number of aliphatic hydroxyl groups excluding tert-OH is 2. The van der Waals surface area contributed by atoms with E-state index >= 15 is 0 Å². The van der Waals surface area contributed by atoms with Crippen molar-refractivity contribution in [3.05, 3.63) is 23.6 Å². The van der Waals surface area contributed by atoms with Gasteiger partial charge >= 0.3 is 5.97 Å². The van der Waals surface area contributed by atoms with Crippen molar-refractivity contribution in [3.8, 4) is 0 Å². The molecule has 0 radical (unpaired) electrons. The Hall–Kier alpha value is -1.49. The Kier molecular flexibility index (Phi) is 2.19. The fraction of sp³-hybridized carbons (Fsp3) is 0.500. The average molecular weight is 211 g/mol. The Balaban J connectivity index is 2.29. The van der Waals surface area contributed by atoms with E-state index in [1.54, 1.807) is 13.0 Å². The summed E-state index contributed by atoms with van der Waals surface area (Å²) in [7, 11) is 0. The van der Waals surface area contributed by atoms with Crippen molar-refractivity contribution in [2.45, 2.75) is 19.1 Å². The molecule has 2 rings (SSSR count). The average Bonchev–Trinajstić information content (AvgIpc) is 2.58. The molecule has 4 atom stereocenters. The number of carboxylic acids is 1. The fourth-order valence-corrected chi connectivity index (χ4v) is 2.15. The van der Waals surface area contributed by atoms with Crippen molar-refractivity contribution in [2.75, 3.05) is 0 Å². The van der Waals surface area contributed by atoms with Gasteiger partial charge in [0.25, 0.3) is 0 Å². The first kappa shape index (κ1) is 10.0. The van der Waals surface area contributed by atoms with Crippen LogP contribution in [0.4, 0.5) is 0 Å². The molecule has 0 spiro atoms. The predicted molar refractivity (Wildman–Crippen MR) is 52.0 cm³/mol. The molecule has 82 valence electrons. The fourth-order valence-electron chi connectivity index (χ4n) is 2.15. The molecule has 0 amide bonds. The SMILES string of the molecule is CC1C(O)C(O)=CC2NC(C(=O)O)=CC21. The van der Waals surface area contributed by atoms with E-state index in [2.05, 4.69) is 5.32 Å². The Morgan fingerprint density at radius 2 is 2.13 bits per heavy atom. The van der Waals surface area contributed by atoms with Crippen LogP contribution in [0.25, 0.3) is 0 Å². The second kappa shape index (κ2) is 3.27. The molecule has 5 heteroatoms. The smallest absolute Gasteiger partial charge is 0.351 e. The number of aliphatic hydroxyl groups is 2. The Morgan fingerprint density at radius 1 is 1.47 bits per heavy atom. The highest BCUT2D eigenvalue weighted by atomic mass is 16.4. The Labute approximate surface area is 86.7 Å². The maximum atomic E-state index is 10.7. The summed E-state index contributed by atoms with van der Waals surface area (Å²) in [6, 6.07) is -0.227. The largest absolute Gasteiger partial charge is 0.510 e. The van der Waals surface area contributed by atoms with Gasteiger partial charge in [-0.05, 0) is 18.1 Å². The van der Waals surface area contributed by atoms with Crippen molar-refractivity contribution in [1.82, 2.24) is 5.32 Å². The van der Waals surface area contributed by atoms with Gasteiger partial charge in [-0.15, -0.1) is 0 Å². The molecule has 0 aromatic heterocycles. The van der Waals surface area contributed by atoms with Crippen LogP contribution < -0.4 is 5.32 Å². The minimum atomic E-state index is -1.01. The summed E-state index contributed by atoms with van der Waals surface area (Å²) in [6.45, 7) is 1.79. The van der Waals surface area contributed by atoms with Crippen LogP contribution in [0.15, 0.2) is 23.6 Å². The van der Waals surface area contributed by atoms with Crippen molar-refractivity contribution in [3.63, 3.8) is 0 Å². The van der Waals surface area contributed by atoms with Crippen LogP contribution in [-0.2, 0) is 4.79 Å². The predicted octanol–water partition coefficient (Wildman–Crippen LogP) is -0.00460. The molecule has 0 saturated heterocycles. The summed E-state index contributed by atoms with van der Waals surface area (Å²) in [5.74, 6) is -1.37. The molecule has 0 aromatic rings. The molecule has 4 unspecified atom stereocenters. The molecular formula is C10H13NO4. The third-order valence-corrected chi connectivity index (χ3v) is 3.08. The number of carboxylic acid groups (broad SMARTS) is 1. The maximum absolute atomic E-state index is 10.7. The Bertz CT molecular complexity index is 360. The zero-order valence-electron chi connectivity index (χ0n) is 8.21. The van der Waals surface area contributed by atoms with Crippen LogP contribution in [0, 0.1) is 11.8 Å². The van der Waals surface area contributed by atoms with Gasteiger partial charge in [0.1, 0.15) is 17.6 Å². The lowest BCUT2D eigenvalue weighted by atomic mass is 9.79. The lowest BCUT2D eigenvalue weighted by Gasteiger charge is -2.31. The van der Waals surface area contributed by atoms with E-state index in [1.165, 1.54) is 6.08 Å². The summed E-state index contributed by atoms with van der Waals surface area (Å²) < 4.78 is 0. The first-order valence-electron chi connectivity index (χ1n) is 4.81. The van der Waals surface area contributed by atoms with E-state index in [-0.39, 0.29) is 29.3 Å². The van der Waals surface area contributed by atoms with Crippen LogP contribution in [0.3, 0.4) is 0 Å². The number of aliphatic carboxylic acids is 1. The monoisotopic (exact) mass is 211 g/mol. The van der Waals surface area contributed by atoms with Gasteiger partial charge in [-0.2, -0.15) is 0 Å². The molecule has 0 saturated carbocycles. The minimum Gasteiger partial charge on any atom is -0.510 e. The van der Waals surface area contributed by atoms with Crippen LogP contribution in [0.2, 0.25) is 0 Å². The molecule has 4 N–H and O–H groups in total. The van der Waals surface area contributed by atoms with E-state index in [1.807, 2.05) is 0 Å². The first-order chi connectivity index (χ1) is 7.00. The number of nitrogens with one attached hydrogen (secondary N) is 1. The van der Waals surface area contributed by atoms with Gasteiger partial charge in [0.05, 0.1) is 6.04 Å². The van der Waals surface area contributed by atoms with Gasteiger partial charge in [-0.1, -0.05) is 6.92 Å². The summed E-state index contributed by atoms with van der Waals surface area (Å²) in [5, 5.41) is 30.6. The van der Waals surface area contributed by atoms with Crippen molar-refractivity contribution in [2.24, 2.45) is 11.8 Å². The number of hydrogen-bond donors (Lipinski definition) is 4. The molecule has 0 bridgehead atoms. The van der Waals surface area contributed by atoms with Crippen LogP contribution in [0.1, 0.15) is 6.92 Å². The van der Waals surface area contributed by atoms with E-state index in [9.17, 15) is 15.0 Å². The lowest BCUT2D eigenvalue weighted by molar-refractivity contribution is -0.133. The third-order valence-electron chi connectivity index (χ3n) is 3.08. The highest BCUT2D eigenvalue weighted by molar-refractivity contribution is 5.86. The molecule has 0 fully saturated rings. The number of fused-ring (bicyclic) bond motifs is 1. The molecule has 15 heavy (non-hydrogen) atoms. The molecule has 0 aromatic carbocycles. The van der Waals surface area contributed by atoms with E-state index in [4.69, 9.17) is 5.11 Å². The van der Waals surface area contributed by atoms with Crippen LogP contribution >= 0.6 is 0 Å². The summed E-state index contributed by atoms with van der Waals surface area (Å²) in [4.78, 5) is 10.7. The normalized spacial score (nSPS) is 38.8. The van der Waals surface area contributed by atoms with E-state index < -0.39 is 12.1 Å². The van der Waals surface area contributed by atoms with Gasteiger partial charge < -0.3 is 20.6 Å². The van der Waals surface area contributed by atoms with Crippen LogP contribution in [-0.4, -0.2) is 33.4 Å². The number of hydrogen-bond acceptors (Lipinski definition) is 4. The van der Waals surface area contributed by atoms with Gasteiger partial charge in [-0.25, -0.2) is 4.79 Å². The van der Waals surface area contributed by atoms with Gasteiger partial charge in [0.15, 0.2) is 0 Å². The molecule has 1 aliphatic carbocycles. The summed E-state index contributed by atoms with van der Waals surface area (Å²) in [5.41, 5.74) is 0.134. The van der Waals surface area contributed by atoms with Gasteiger partial charge in [0, 0.05) is 5.92 Å². The molecule has 1 aliphatic heterocycles. The standard InChI is InChI=1S/C10H13NO4/c1-4-5-2-7(10(14)15)11-6(5)3-8(12)9(4)13/h2-6,9,11-13H,1H3,(H,14,15). The van der Waals surface area contributed by atoms with Crippen molar-refractivity contribution >= 4 is 5.97 Å². The Morgan fingerprint density at radius 3 is 2.73 bits per heavy atom. The van der Waals surface area contributed by atoms with Crippen LogP contribution in [0.5, 0.6) is 0 Å².